The molecule has 0 fully saturated rings. The van der Waals surface area contributed by atoms with E-state index in [-0.39, 0.29) is 129 Å². The van der Waals surface area contributed by atoms with Crippen LogP contribution >= 0.6 is 54.0 Å². The molecule has 8 heteroatoms. The Balaban J connectivity index is 0. The van der Waals surface area contributed by atoms with Crippen LogP contribution in [0.3, 0.4) is 0 Å². The van der Waals surface area contributed by atoms with E-state index in [1.54, 1.807) is 0 Å². The second-order valence-electron chi connectivity index (χ2n) is 0. The topological polar surface area (TPSA) is 0 Å². The Morgan fingerprint density at radius 1 is 0.500 bits per heavy atom. The first kappa shape index (κ1) is 96.4. The van der Waals surface area contributed by atoms with E-state index in [1.165, 1.54) is 0 Å². The van der Waals surface area contributed by atoms with Gasteiger partial charge in [0.25, 0.3) is 0 Å². The molecule has 0 N–H and O–H groups in total. The molecule has 0 aromatic carbocycles. The maximum absolute atomic E-state index is 0. The van der Waals surface area contributed by atoms with Gasteiger partial charge in [-0.15, -0.1) is 0 Å². The molecule has 66 valence electrons. The molecule has 0 spiro atoms. The van der Waals surface area contributed by atoms with E-state index in [1.807, 2.05) is 0 Å². The summed E-state index contributed by atoms with van der Waals surface area (Å²) >= 11 is 0. The Hall–Kier alpha value is 3.76. The van der Waals surface area contributed by atoms with Crippen molar-refractivity contribution < 1.29 is 51.2 Å². The van der Waals surface area contributed by atoms with Crippen molar-refractivity contribution in [3.63, 3.8) is 0 Å². The second kappa shape index (κ2) is 72.5. The van der Waals surface area contributed by atoms with Crippen molar-refractivity contribution in [2.75, 3.05) is 0 Å². The van der Waals surface area contributed by atoms with Gasteiger partial charge < -0.3 is 0 Å². The fourth-order valence-electron chi connectivity index (χ4n) is 0. The average molecular weight is 438 g/mol. The van der Waals surface area contributed by atoms with E-state index in [9.17, 15) is 0 Å². The normalized spacial score (nSPS) is 0. The van der Waals surface area contributed by atoms with Crippen molar-refractivity contribution >= 4 is 77.9 Å². The molecule has 0 amide bonds. The molecular formula is H8Cu2FeS4Sn. The third-order valence-electron chi connectivity index (χ3n) is 0. The molecule has 6 radical (unpaired) electrons. The van der Waals surface area contributed by atoms with Crippen molar-refractivity contribution in [1.29, 1.82) is 0 Å². The first-order valence-corrected chi connectivity index (χ1v) is 0. The fraction of sp³-hybridized carbons (Fsp3) is 0. The van der Waals surface area contributed by atoms with E-state index in [0.29, 0.717) is 0 Å². The molecule has 0 aliphatic rings. The summed E-state index contributed by atoms with van der Waals surface area (Å²) in [5, 5.41) is 0. The Morgan fingerprint density at radius 2 is 0.500 bits per heavy atom. The number of hydrogen-bond acceptors (Lipinski definition) is 0. The van der Waals surface area contributed by atoms with Crippen molar-refractivity contribution in [1.82, 2.24) is 0 Å². The molecule has 0 aliphatic carbocycles. The largest absolute Gasteiger partial charge is 0.197 e. The molecule has 0 unspecified atom stereocenters. The summed E-state index contributed by atoms with van der Waals surface area (Å²) in [5.41, 5.74) is 0. The molecule has 0 atom stereocenters. The van der Waals surface area contributed by atoms with Gasteiger partial charge >= 0.3 is 0 Å². The second-order valence-corrected chi connectivity index (χ2v) is 0. The van der Waals surface area contributed by atoms with Gasteiger partial charge in [0.15, 0.2) is 0 Å². The van der Waals surface area contributed by atoms with E-state index in [4.69, 9.17) is 0 Å². The van der Waals surface area contributed by atoms with Gasteiger partial charge in [-0.2, -0.15) is 54.0 Å². The van der Waals surface area contributed by atoms with Crippen LogP contribution in [0.25, 0.3) is 0 Å². The maximum atomic E-state index is 0. The van der Waals surface area contributed by atoms with Crippen molar-refractivity contribution in [2.24, 2.45) is 0 Å². The summed E-state index contributed by atoms with van der Waals surface area (Å²) in [6, 6.07) is 0. The minimum Gasteiger partial charge on any atom is -0.197 e. The first-order chi connectivity index (χ1) is 0. The minimum atomic E-state index is 0. The molecule has 0 saturated heterocycles. The zero-order chi connectivity index (χ0) is 0. The quantitative estimate of drug-likeness (QED) is 0.470. The molecule has 0 aliphatic heterocycles. The van der Waals surface area contributed by atoms with E-state index >= 15 is 0 Å². The molecule has 0 saturated carbocycles. The van der Waals surface area contributed by atoms with Gasteiger partial charge in [0.1, 0.15) is 0 Å². The van der Waals surface area contributed by atoms with Crippen LogP contribution in [0.2, 0.25) is 0 Å². The van der Waals surface area contributed by atoms with Crippen LogP contribution in [-0.4, -0.2) is 23.9 Å². The van der Waals surface area contributed by atoms with Crippen LogP contribution in [0.5, 0.6) is 0 Å². The van der Waals surface area contributed by atoms with Gasteiger partial charge in [0.05, 0.1) is 0 Å². The van der Waals surface area contributed by atoms with Gasteiger partial charge in [-0.1, -0.05) is 0 Å². The van der Waals surface area contributed by atoms with Gasteiger partial charge in [0.2, 0.25) is 0 Å². The minimum absolute atomic E-state index is 0. The Bertz CT molecular complexity index is 14.0. The average Bonchev–Trinajstić information content (AvgIpc) is 0. The standard InChI is InChI=1S/2Cu.Fe.4H2S.Sn/h;;;4*1H2;. The third-order valence-corrected chi connectivity index (χ3v) is 0. The van der Waals surface area contributed by atoms with Crippen LogP contribution in [-0.2, 0) is 51.2 Å². The van der Waals surface area contributed by atoms with E-state index in [0.717, 1.165) is 0 Å². The summed E-state index contributed by atoms with van der Waals surface area (Å²) in [4.78, 5) is 0. The summed E-state index contributed by atoms with van der Waals surface area (Å²) < 4.78 is 0. The SMILES string of the molecule is S.S.S.S.[Cu].[Cu].[Fe].[Sn]. The van der Waals surface area contributed by atoms with Crippen LogP contribution in [0.15, 0.2) is 0 Å². The smallest absolute Gasteiger partial charge is 0 e. The van der Waals surface area contributed by atoms with E-state index in [2.05, 4.69) is 0 Å². The van der Waals surface area contributed by atoms with Crippen LogP contribution in [0.4, 0.5) is 0 Å². The van der Waals surface area contributed by atoms with Crippen molar-refractivity contribution in [2.45, 2.75) is 0 Å². The summed E-state index contributed by atoms with van der Waals surface area (Å²) in [6.45, 7) is 0. The fourth-order valence-corrected chi connectivity index (χ4v) is 0. The third kappa shape index (κ3) is 53.0. The molecule has 0 aromatic heterocycles. The van der Waals surface area contributed by atoms with Gasteiger partial charge in [-0.3, -0.25) is 0 Å². The van der Waals surface area contributed by atoms with E-state index < -0.39 is 0 Å². The summed E-state index contributed by atoms with van der Waals surface area (Å²) in [7, 11) is 0. The molecule has 0 nitrogen and oxygen atoms in total. The Kier molecular flexibility index (Phi) is 874. The van der Waals surface area contributed by atoms with Crippen LogP contribution < -0.4 is 0 Å². The molecule has 8 heavy (non-hydrogen) atoms. The number of rotatable bonds is 0. The van der Waals surface area contributed by atoms with Gasteiger partial charge in [0, 0.05) is 75.1 Å². The molecule has 0 heterocycles. The van der Waals surface area contributed by atoms with Crippen molar-refractivity contribution in [3.05, 3.63) is 0 Å². The number of hydrogen-bond donors (Lipinski definition) is 0. The van der Waals surface area contributed by atoms with Crippen molar-refractivity contribution in [3.8, 4) is 0 Å². The summed E-state index contributed by atoms with van der Waals surface area (Å²) in [5.74, 6) is 0. The molecule has 0 bridgehead atoms. The van der Waals surface area contributed by atoms with Crippen LogP contribution in [0, 0.1) is 0 Å². The molecular weight excluding hydrogens is 430 g/mol. The predicted molar refractivity (Wildman–Crippen MR) is 47.3 cm³/mol. The molecule has 0 aromatic rings. The molecule has 0 rings (SSSR count). The van der Waals surface area contributed by atoms with Gasteiger partial charge in [-0.25, -0.2) is 0 Å². The zero-order valence-electron chi connectivity index (χ0n) is 3.46. The first-order valence-electron chi connectivity index (χ1n) is 0. The Morgan fingerprint density at radius 3 is 0.500 bits per heavy atom. The monoisotopic (exact) mass is 438 g/mol. The predicted octanol–water partition coefficient (Wildman–Crippen LogP) is 0.0629. The Labute approximate surface area is 127 Å². The summed E-state index contributed by atoms with van der Waals surface area (Å²) in [6.07, 6.45) is 0. The van der Waals surface area contributed by atoms with Gasteiger partial charge in [-0.05, 0) is 0 Å². The zero-order valence-corrected chi connectivity index (χ0v) is 13.3. The maximum Gasteiger partial charge on any atom is 0 e. The van der Waals surface area contributed by atoms with Crippen LogP contribution in [0.1, 0.15) is 0 Å².